The van der Waals surface area contributed by atoms with Gasteiger partial charge in [0.15, 0.2) is 6.67 Å². The Labute approximate surface area is 134 Å². The molecule has 0 bridgehead atoms. The largest absolute Gasteiger partial charge is 0.340 e. The van der Waals surface area contributed by atoms with Crippen molar-refractivity contribution >= 4 is 11.8 Å². The quantitative estimate of drug-likeness (QED) is 0.810. The fourth-order valence-electron chi connectivity index (χ4n) is 3.08. The topological polar surface area (TPSA) is 76.4 Å². The summed E-state index contributed by atoms with van der Waals surface area (Å²) in [5.74, 6) is -0.800. The highest BCUT2D eigenvalue weighted by Crippen LogP contribution is 2.23. The number of carbonyl (C=O) groups excluding carboxylic acids is 2. The van der Waals surface area contributed by atoms with Gasteiger partial charge in [0.1, 0.15) is 12.2 Å². The van der Waals surface area contributed by atoms with Gasteiger partial charge in [-0.1, -0.05) is 0 Å². The molecule has 0 saturated carbocycles. The lowest BCUT2D eigenvalue weighted by Gasteiger charge is -2.40. The molecule has 128 valence electrons. The minimum Gasteiger partial charge on any atom is -0.340 e. The van der Waals surface area contributed by atoms with Crippen LogP contribution in [-0.2, 0) is 9.59 Å². The summed E-state index contributed by atoms with van der Waals surface area (Å²) in [6.07, 6.45) is 0.146. The smallest absolute Gasteiger partial charge is 0.253 e. The molecule has 2 unspecified atom stereocenters. The van der Waals surface area contributed by atoms with Crippen molar-refractivity contribution in [1.82, 2.24) is 15.1 Å². The number of nitrogens with one attached hydrogen (secondary N) is 1. The molecular weight excluding hydrogens is 306 g/mol. The summed E-state index contributed by atoms with van der Waals surface area (Å²) in [6.45, 7) is 1.83. The summed E-state index contributed by atoms with van der Waals surface area (Å²) in [4.78, 5) is 26.3. The number of amides is 2. The third-order valence-corrected chi connectivity index (χ3v) is 4.72. The molecule has 2 amide bonds. The summed E-state index contributed by atoms with van der Waals surface area (Å²) < 4.78 is 25.7. The van der Waals surface area contributed by atoms with Crippen molar-refractivity contribution in [2.24, 2.45) is 0 Å². The van der Waals surface area contributed by atoms with E-state index in [1.165, 1.54) is 9.80 Å². The molecule has 23 heavy (non-hydrogen) atoms. The first kappa shape index (κ1) is 17.6. The third kappa shape index (κ3) is 4.16. The molecule has 2 atom stereocenters. The Morgan fingerprint density at radius 3 is 2.57 bits per heavy atom. The van der Waals surface area contributed by atoms with Crippen molar-refractivity contribution in [2.75, 3.05) is 32.9 Å². The molecule has 0 aromatic rings. The van der Waals surface area contributed by atoms with Crippen LogP contribution in [-0.4, -0.2) is 72.2 Å². The van der Waals surface area contributed by atoms with Crippen LogP contribution in [0, 0.1) is 11.3 Å². The molecule has 2 fully saturated rings. The van der Waals surface area contributed by atoms with Crippen LogP contribution in [0.3, 0.4) is 0 Å². The zero-order chi connectivity index (χ0) is 17.0. The van der Waals surface area contributed by atoms with Crippen molar-refractivity contribution in [3.05, 3.63) is 0 Å². The van der Waals surface area contributed by atoms with Crippen LogP contribution in [0.15, 0.2) is 0 Å². The van der Waals surface area contributed by atoms with Crippen LogP contribution in [0.25, 0.3) is 0 Å². The Kier molecular flexibility index (Phi) is 5.52. The number of alkyl halides is 2. The van der Waals surface area contributed by atoms with Crippen LogP contribution in [0.5, 0.6) is 0 Å². The van der Waals surface area contributed by atoms with Crippen LogP contribution in [0.2, 0.25) is 0 Å². The molecule has 0 aromatic carbocycles. The minimum absolute atomic E-state index is 0.0262. The first-order valence-electron chi connectivity index (χ1n) is 7.80. The number of nitriles is 1. The second kappa shape index (κ2) is 7.21. The van der Waals surface area contributed by atoms with E-state index in [2.05, 4.69) is 5.32 Å². The molecule has 0 spiro atoms. The lowest BCUT2D eigenvalue weighted by atomic mass is 9.89. The lowest BCUT2D eigenvalue weighted by molar-refractivity contribution is -0.134. The van der Waals surface area contributed by atoms with Gasteiger partial charge >= 0.3 is 0 Å². The highest BCUT2D eigenvalue weighted by atomic mass is 19.1. The molecule has 0 radical (unpaired) electrons. The SMILES string of the molecule is CC1(NCC(=O)N2CC(F)CC2C#N)CCN(C(=O)CF)CC1. The van der Waals surface area contributed by atoms with E-state index in [1.54, 1.807) is 0 Å². The number of piperidine rings is 1. The van der Waals surface area contributed by atoms with Crippen molar-refractivity contribution in [1.29, 1.82) is 5.26 Å². The Bertz CT molecular complexity index is 500. The van der Waals surface area contributed by atoms with Gasteiger partial charge in [0.25, 0.3) is 5.91 Å². The average molecular weight is 328 g/mol. The Morgan fingerprint density at radius 1 is 1.35 bits per heavy atom. The van der Waals surface area contributed by atoms with Gasteiger partial charge in [0.05, 0.1) is 19.2 Å². The first-order chi connectivity index (χ1) is 10.9. The van der Waals surface area contributed by atoms with E-state index >= 15 is 0 Å². The maximum Gasteiger partial charge on any atom is 0.253 e. The molecule has 2 aliphatic heterocycles. The molecule has 6 nitrogen and oxygen atoms in total. The number of hydrogen-bond acceptors (Lipinski definition) is 4. The predicted molar refractivity (Wildman–Crippen MR) is 78.8 cm³/mol. The predicted octanol–water partition coefficient (Wildman–Crippen LogP) is 0.389. The van der Waals surface area contributed by atoms with E-state index in [4.69, 9.17) is 5.26 Å². The first-order valence-corrected chi connectivity index (χ1v) is 7.80. The highest BCUT2D eigenvalue weighted by molar-refractivity contribution is 5.79. The van der Waals surface area contributed by atoms with Gasteiger partial charge in [-0.3, -0.25) is 9.59 Å². The standard InChI is InChI=1S/C15H22F2N4O2/c1-15(2-4-20(5-3-15)13(22)7-16)19-9-14(23)21-10-11(17)6-12(21)8-18/h11-12,19H,2-7,9-10H2,1H3. The summed E-state index contributed by atoms with van der Waals surface area (Å²) in [5.41, 5.74) is -0.334. The van der Waals surface area contributed by atoms with Gasteiger partial charge in [-0.25, -0.2) is 8.78 Å². The van der Waals surface area contributed by atoms with Gasteiger partial charge in [-0.05, 0) is 19.8 Å². The monoisotopic (exact) mass is 328 g/mol. The van der Waals surface area contributed by atoms with E-state index in [1.807, 2.05) is 13.0 Å². The number of hydrogen-bond donors (Lipinski definition) is 1. The van der Waals surface area contributed by atoms with Crippen molar-refractivity contribution in [3.8, 4) is 6.07 Å². The summed E-state index contributed by atoms with van der Waals surface area (Å²) in [5, 5.41) is 12.1. The molecule has 0 aliphatic carbocycles. The minimum atomic E-state index is -1.14. The van der Waals surface area contributed by atoms with Crippen molar-refractivity contribution < 1.29 is 18.4 Å². The molecule has 2 saturated heterocycles. The highest BCUT2D eigenvalue weighted by Gasteiger charge is 2.37. The van der Waals surface area contributed by atoms with Gasteiger partial charge < -0.3 is 15.1 Å². The van der Waals surface area contributed by atoms with Gasteiger partial charge in [-0.15, -0.1) is 0 Å². The summed E-state index contributed by atoms with van der Waals surface area (Å²) in [7, 11) is 0. The van der Waals surface area contributed by atoms with E-state index in [-0.39, 0.29) is 31.0 Å². The molecule has 2 rings (SSSR count). The number of halogens is 2. The van der Waals surface area contributed by atoms with E-state index in [0.717, 1.165) is 0 Å². The lowest BCUT2D eigenvalue weighted by Crippen LogP contribution is -2.55. The second-order valence-electron chi connectivity index (χ2n) is 6.45. The van der Waals surface area contributed by atoms with Crippen LogP contribution >= 0.6 is 0 Å². The number of nitrogens with zero attached hydrogens (tertiary/aromatic N) is 3. The molecule has 2 aliphatic rings. The van der Waals surface area contributed by atoms with E-state index in [0.29, 0.717) is 25.9 Å². The van der Waals surface area contributed by atoms with Crippen molar-refractivity contribution in [3.63, 3.8) is 0 Å². The Hall–Kier alpha value is -1.75. The number of rotatable bonds is 4. The van der Waals surface area contributed by atoms with Crippen molar-refractivity contribution in [2.45, 2.75) is 43.9 Å². The zero-order valence-corrected chi connectivity index (χ0v) is 13.2. The average Bonchev–Trinajstić information content (AvgIpc) is 2.94. The maximum absolute atomic E-state index is 13.4. The van der Waals surface area contributed by atoms with Gasteiger partial charge in [0.2, 0.25) is 5.91 Å². The Balaban J connectivity index is 1.83. The number of carbonyl (C=O) groups is 2. The fourth-order valence-corrected chi connectivity index (χ4v) is 3.08. The molecule has 2 heterocycles. The molecule has 0 aromatic heterocycles. The molecule has 8 heteroatoms. The van der Waals surface area contributed by atoms with Gasteiger partial charge in [-0.2, -0.15) is 5.26 Å². The van der Waals surface area contributed by atoms with Gasteiger partial charge in [0, 0.05) is 25.0 Å². The summed E-state index contributed by atoms with van der Waals surface area (Å²) >= 11 is 0. The van der Waals surface area contributed by atoms with E-state index in [9.17, 15) is 18.4 Å². The fraction of sp³-hybridized carbons (Fsp3) is 0.800. The normalized spacial score (nSPS) is 26.9. The van der Waals surface area contributed by atoms with E-state index < -0.39 is 24.8 Å². The Morgan fingerprint density at radius 2 is 2.00 bits per heavy atom. The van der Waals surface area contributed by atoms with Crippen LogP contribution in [0.4, 0.5) is 8.78 Å². The zero-order valence-electron chi connectivity index (χ0n) is 13.2. The summed E-state index contributed by atoms with van der Waals surface area (Å²) in [6, 6.07) is 1.26. The number of likely N-dealkylation sites (tertiary alicyclic amines) is 2. The maximum atomic E-state index is 13.4. The molecular formula is C15H22F2N4O2. The third-order valence-electron chi connectivity index (χ3n) is 4.72. The van der Waals surface area contributed by atoms with Crippen LogP contribution in [0.1, 0.15) is 26.2 Å². The van der Waals surface area contributed by atoms with Crippen LogP contribution < -0.4 is 5.32 Å². The molecule has 1 N–H and O–H groups in total. The second-order valence-corrected chi connectivity index (χ2v) is 6.45.